The Balaban J connectivity index is 1.68. The molecular weight excluding hydrogens is 408 g/mol. The number of nitrogens with zero attached hydrogens (tertiary/aromatic N) is 5. The molecule has 0 saturated carbocycles. The zero-order valence-electron chi connectivity index (χ0n) is 18.4. The first kappa shape index (κ1) is 21.5. The minimum absolute atomic E-state index is 0.115. The van der Waals surface area contributed by atoms with Gasteiger partial charge in [-0.3, -0.25) is 4.79 Å². The number of ether oxygens (including phenoxy) is 2. The molecule has 3 aromatic rings. The van der Waals surface area contributed by atoms with E-state index in [2.05, 4.69) is 9.97 Å². The Labute approximate surface area is 186 Å². The topological polar surface area (TPSA) is 107 Å². The summed E-state index contributed by atoms with van der Waals surface area (Å²) in [6.45, 7) is 1.25. The quantitative estimate of drug-likeness (QED) is 0.652. The molecule has 1 amide bonds. The van der Waals surface area contributed by atoms with E-state index < -0.39 is 6.10 Å². The van der Waals surface area contributed by atoms with Crippen molar-refractivity contribution in [3.05, 3.63) is 60.0 Å². The highest BCUT2D eigenvalue weighted by Gasteiger charge is 2.30. The number of carbonyl (C=O) groups is 1. The van der Waals surface area contributed by atoms with Crippen LogP contribution in [0, 0.1) is 0 Å². The summed E-state index contributed by atoms with van der Waals surface area (Å²) in [5, 5.41) is 0. The van der Waals surface area contributed by atoms with Crippen molar-refractivity contribution in [2.24, 2.45) is 0 Å². The Bertz CT molecular complexity index is 1100. The number of anilines is 2. The van der Waals surface area contributed by atoms with Crippen LogP contribution in [0.25, 0.3) is 11.1 Å². The molecule has 166 valence electrons. The lowest BCUT2D eigenvalue weighted by atomic mass is 10.0. The van der Waals surface area contributed by atoms with Crippen LogP contribution in [-0.2, 0) is 4.74 Å². The van der Waals surface area contributed by atoms with Crippen LogP contribution in [0.15, 0.2) is 48.8 Å². The third kappa shape index (κ3) is 4.47. The van der Waals surface area contributed by atoms with E-state index in [1.165, 1.54) is 6.20 Å². The van der Waals surface area contributed by atoms with Crippen LogP contribution < -0.4 is 15.4 Å². The molecule has 1 saturated heterocycles. The summed E-state index contributed by atoms with van der Waals surface area (Å²) in [5.74, 6) is 1.57. The van der Waals surface area contributed by atoms with Gasteiger partial charge in [-0.05, 0) is 29.8 Å². The van der Waals surface area contributed by atoms with E-state index in [9.17, 15) is 4.79 Å². The highest BCUT2D eigenvalue weighted by Crippen LogP contribution is 2.33. The Hall–Kier alpha value is -3.72. The number of hydrogen-bond acceptors (Lipinski definition) is 8. The molecule has 4 rings (SSSR count). The highest BCUT2D eigenvalue weighted by molar-refractivity contribution is 5.94. The van der Waals surface area contributed by atoms with Crippen molar-refractivity contribution >= 4 is 17.7 Å². The second-order valence-corrected chi connectivity index (χ2v) is 7.68. The fraction of sp³-hybridized carbons (Fsp3) is 0.304. The van der Waals surface area contributed by atoms with Gasteiger partial charge in [0.2, 0.25) is 5.95 Å². The molecule has 1 fully saturated rings. The molecule has 1 aliphatic heterocycles. The van der Waals surface area contributed by atoms with Gasteiger partial charge in [0.25, 0.3) is 5.91 Å². The van der Waals surface area contributed by atoms with E-state index in [-0.39, 0.29) is 5.91 Å². The third-order valence-electron chi connectivity index (χ3n) is 5.28. The minimum atomic E-state index is -0.405. The molecule has 1 aliphatic rings. The fourth-order valence-corrected chi connectivity index (χ4v) is 3.57. The number of amides is 1. The number of rotatable bonds is 5. The average Bonchev–Trinajstić information content (AvgIpc) is 2.83. The van der Waals surface area contributed by atoms with Gasteiger partial charge in [0.15, 0.2) is 0 Å². The normalized spacial score (nSPS) is 16.0. The van der Waals surface area contributed by atoms with Crippen LogP contribution >= 0.6 is 0 Å². The summed E-state index contributed by atoms with van der Waals surface area (Å²) in [5.41, 5.74) is 8.62. The number of benzene rings is 1. The van der Waals surface area contributed by atoms with Crippen molar-refractivity contribution in [1.82, 2.24) is 19.9 Å². The first-order valence-electron chi connectivity index (χ1n) is 10.3. The smallest absolute Gasteiger partial charge is 0.255 e. The molecule has 2 aromatic heterocycles. The first-order valence-corrected chi connectivity index (χ1v) is 10.3. The van der Waals surface area contributed by atoms with Gasteiger partial charge in [-0.15, -0.1) is 0 Å². The molecule has 1 atom stereocenters. The average molecular weight is 435 g/mol. The van der Waals surface area contributed by atoms with Gasteiger partial charge in [0.05, 0.1) is 31.5 Å². The summed E-state index contributed by atoms with van der Waals surface area (Å²) in [6.07, 6.45) is 2.89. The van der Waals surface area contributed by atoms with Crippen LogP contribution in [0.4, 0.5) is 11.8 Å². The number of aromatic nitrogens is 3. The number of pyridine rings is 1. The summed E-state index contributed by atoms with van der Waals surface area (Å²) < 4.78 is 11.5. The maximum Gasteiger partial charge on any atom is 0.255 e. The second-order valence-electron chi connectivity index (χ2n) is 7.68. The van der Waals surface area contributed by atoms with E-state index in [1.54, 1.807) is 30.3 Å². The number of morpholine rings is 1. The monoisotopic (exact) mass is 434 g/mol. The number of carbonyl (C=O) groups excluding carboxylic acids is 1. The molecule has 2 N–H and O–H groups in total. The minimum Gasteiger partial charge on any atom is -0.497 e. The van der Waals surface area contributed by atoms with Crippen molar-refractivity contribution in [2.75, 3.05) is 51.5 Å². The second kappa shape index (κ2) is 9.19. The van der Waals surface area contributed by atoms with Crippen molar-refractivity contribution in [3.63, 3.8) is 0 Å². The summed E-state index contributed by atoms with van der Waals surface area (Å²) >= 11 is 0. The van der Waals surface area contributed by atoms with Crippen molar-refractivity contribution < 1.29 is 14.3 Å². The van der Waals surface area contributed by atoms with Crippen LogP contribution in [0.3, 0.4) is 0 Å². The van der Waals surface area contributed by atoms with Crippen LogP contribution in [0.2, 0.25) is 0 Å². The number of methoxy groups -OCH3 is 1. The molecule has 32 heavy (non-hydrogen) atoms. The Morgan fingerprint density at radius 1 is 1.22 bits per heavy atom. The SMILES string of the molecule is COc1cccc(-c2cnc(N(C)C)nc2[C@H]2CN(C(=O)c3ccc(N)nc3)CCO2)c1. The van der Waals surface area contributed by atoms with Crippen molar-refractivity contribution in [3.8, 4) is 16.9 Å². The Morgan fingerprint density at radius 3 is 2.78 bits per heavy atom. The van der Waals surface area contributed by atoms with Gasteiger partial charge in [-0.25, -0.2) is 15.0 Å². The van der Waals surface area contributed by atoms with Gasteiger partial charge in [-0.2, -0.15) is 0 Å². The van der Waals surface area contributed by atoms with Crippen molar-refractivity contribution in [2.45, 2.75) is 6.10 Å². The van der Waals surface area contributed by atoms with Gasteiger partial charge >= 0.3 is 0 Å². The first-order chi connectivity index (χ1) is 15.5. The standard InChI is InChI=1S/C23H26N6O3/c1-28(2)23-26-13-18(15-5-4-6-17(11-15)31-3)21(27-23)19-14-29(9-10-32-19)22(30)16-7-8-20(24)25-12-16/h4-8,11-13,19H,9-10,14H2,1-3H3,(H2,24,25)/t19-/m1/s1. The zero-order valence-corrected chi connectivity index (χ0v) is 18.4. The van der Waals surface area contributed by atoms with Gasteiger partial charge < -0.3 is 25.0 Å². The van der Waals surface area contributed by atoms with Gasteiger partial charge in [0.1, 0.15) is 17.7 Å². The summed E-state index contributed by atoms with van der Waals surface area (Å²) in [6, 6.07) is 11.0. The van der Waals surface area contributed by atoms with E-state index in [4.69, 9.17) is 20.2 Å². The largest absolute Gasteiger partial charge is 0.497 e. The van der Waals surface area contributed by atoms with Crippen LogP contribution in [0.1, 0.15) is 22.2 Å². The molecule has 0 aliphatic carbocycles. The van der Waals surface area contributed by atoms with E-state index in [0.717, 1.165) is 22.6 Å². The molecule has 3 heterocycles. The Kier molecular flexibility index (Phi) is 6.18. The molecule has 9 nitrogen and oxygen atoms in total. The van der Waals surface area contributed by atoms with Crippen LogP contribution in [-0.4, -0.2) is 66.7 Å². The van der Waals surface area contributed by atoms with E-state index in [1.807, 2.05) is 43.3 Å². The predicted octanol–water partition coefficient (Wildman–Crippen LogP) is 2.41. The molecule has 0 radical (unpaired) electrons. The number of hydrogen-bond donors (Lipinski definition) is 1. The fourth-order valence-electron chi connectivity index (χ4n) is 3.57. The van der Waals surface area contributed by atoms with E-state index in [0.29, 0.717) is 37.0 Å². The number of nitrogens with two attached hydrogens (primary N) is 1. The lowest BCUT2D eigenvalue weighted by Crippen LogP contribution is -2.42. The molecular formula is C23H26N6O3. The molecule has 0 spiro atoms. The maximum absolute atomic E-state index is 13.0. The summed E-state index contributed by atoms with van der Waals surface area (Å²) in [7, 11) is 5.40. The van der Waals surface area contributed by atoms with Crippen molar-refractivity contribution in [1.29, 1.82) is 0 Å². The lowest BCUT2D eigenvalue weighted by Gasteiger charge is -2.33. The molecule has 9 heteroatoms. The Morgan fingerprint density at radius 2 is 2.06 bits per heavy atom. The third-order valence-corrected chi connectivity index (χ3v) is 5.28. The number of nitrogen functional groups attached to an aromatic ring is 1. The van der Waals surface area contributed by atoms with E-state index >= 15 is 0 Å². The van der Waals surface area contributed by atoms with Gasteiger partial charge in [0, 0.05) is 38.6 Å². The summed E-state index contributed by atoms with van der Waals surface area (Å²) in [4.78, 5) is 29.9. The molecule has 0 unspecified atom stereocenters. The maximum atomic E-state index is 13.0. The lowest BCUT2D eigenvalue weighted by molar-refractivity contribution is -0.0244. The predicted molar refractivity (Wildman–Crippen MR) is 122 cm³/mol. The molecule has 0 bridgehead atoms. The highest BCUT2D eigenvalue weighted by atomic mass is 16.5. The van der Waals surface area contributed by atoms with Gasteiger partial charge in [-0.1, -0.05) is 12.1 Å². The van der Waals surface area contributed by atoms with Crippen LogP contribution in [0.5, 0.6) is 5.75 Å². The zero-order chi connectivity index (χ0) is 22.7. The molecule has 1 aromatic carbocycles.